The van der Waals surface area contributed by atoms with Crippen molar-refractivity contribution in [1.29, 1.82) is 0 Å². The molecule has 1 aromatic carbocycles. The van der Waals surface area contributed by atoms with E-state index >= 15 is 0 Å². The van der Waals surface area contributed by atoms with E-state index in [9.17, 15) is 14.7 Å². The Kier molecular flexibility index (Phi) is 4.81. The fraction of sp³-hybridized carbons (Fsp3) is 0.444. The number of benzene rings is 1. The number of hydrogen-bond donors (Lipinski definition) is 2. The van der Waals surface area contributed by atoms with Crippen LogP contribution >= 0.6 is 11.6 Å². The van der Waals surface area contributed by atoms with E-state index in [1.807, 2.05) is 24.3 Å². The van der Waals surface area contributed by atoms with Gasteiger partial charge in [0.1, 0.15) is 0 Å². The molecule has 1 aromatic rings. The minimum absolute atomic E-state index is 0.245. The number of nitrogens with zero attached hydrogens (tertiary/aromatic N) is 1. The van der Waals surface area contributed by atoms with Crippen molar-refractivity contribution in [2.75, 3.05) is 18.4 Å². The van der Waals surface area contributed by atoms with E-state index in [4.69, 9.17) is 11.6 Å². The van der Waals surface area contributed by atoms with E-state index in [2.05, 4.69) is 5.32 Å². The van der Waals surface area contributed by atoms with Crippen molar-refractivity contribution in [2.45, 2.75) is 31.7 Å². The SMILES string of the molecule is O=C(O)C1(C(=O)N2CCC(Nc3ccc(Cl)cc3)CC2)CC=CC1. The first kappa shape index (κ1) is 16.8. The van der Waals surface area contributed by atoms with Gasteiger partial charge < -0.3 is 15.3 Å². The van der Waals surface area contributed by atoms with Gasteiger partial charge in [0.25, 0.3) is 0 Å². The van der Waals surface area contributed by atoms with Crippen molar-refractivity contribution in [3.63, 3.8) is 0 Å². The van der Waals surface area contributed by atoms with Gasteiger partial charge in [0, 0.05) is 29.8 Å². The topological polar surface area (TPSA) is 69.6 Å². The van der Waals surface area contributed by atoms with Crippen LogP contribution in [0.4, 0.5) is 5.69 Å². The number of likely N-dealkylation sites (tertiary alicyclic amines) is 1. The van der Waals surface area contributed by atoms with Gasteiger partial charge in [-0.2, -0.15) is 0 Å². The van der Waals surface area contributed by atoms with Gasteiger partial charge in [-0.15, -0.1) is 0 Å². The normalized spacial score (nSPS) is 20.1. The van der Waals surface area contributed by atoms with Gasteiger partial charge in [-0.25, -0.2) is 0 Å². The summed E-state index contributed by atoms with van der Waals surface area (Å²) in [4.78, 5) is 26.1. The summed E-state index contributed by atoms with van der Waals surface area (Å²) in [5.74, 6) is -1.26. The average Bonchev–Trinajstić information content (AvgIpc) is 3.08. The summed E-state index contributed by atoms with van der Waals surface area (Å²) < 4.78 is 0. The lowest BCUT2D eigenvalue weighted by Crippen LogP contribution is -2.51. The fourth-order valence-corrected chi connectivity index (χ4v) is 3.53. The first-order valence-corrected chi connectivity index (χ1v) is 8.59. The Balaban J connectivity index is 1.57. The Morgan fingerprint density at radius 3 is 2.25 bits per heavy atom. The molecular weight excluding hydrogens is 328 g/mol. The van der Waals surface area contributed by atoms with Crippen molar-refractivity contribution in [3.05, 3.63) is 41.4 Å². The van der Waals surface area contributed by atoms with Crippen LogP contribution in [-0.2, 0) is 9.59 Å². The predicted octanol–water partition coefficient (Wildman–Crippen LogP) is 3.16. The number of carboxylic acid groups (broad SMARTS) is 1. The Morgan fingerprint density at radius 2 is 1.71 bits per heavy atom. The number of amides is 1. The number of hydrogen-bond acceptors (Lipinski definition) is 3. The standard InChI is InChI=1S/C18H21ClN2O3/c19-13-3-5-14(6-4-13)20-15-7-11-21(12-8-15)16(22)18(17(23)24)9-1-2-10-18/h1-6,15,20H,7-12H2,(H,23,24). The van der Waals surface area contributed by atoms with Crippen molar-refractivity contribution >= 4 is 29.2 Å². The number of halogens is 1. The summed E-state index contributed by atoms with van der Waals surface area (Å²) >= 11 is 5.88. The van der Waals surface area contributed by atoms with E-state index in [0.29, 0.717) is 31.0 Å². The summed E-state index contributed by atoms with van der Waals surface area (Å²) in [5, 5.41) is 13.7. The van der Waals surface area contributed by atoms with Crippen molar-refractivity contribution in [3.8, 4) is 0 Å². The highest BCUT2D eigenvalue weighted by Crippen LogP contribution is 2.36. The smallest absolute Gasteiger partial charge is 0.319 e. The van der Waals surface area contributed by atoms with Gasteiger partial charge in [-0.3, -0.25) is 9.59 Å². The molecule has 1 aliphatic heterocycles. The first-order chi connectivity index (χ1) is 11.5. The second-order valence-electron chi connectivity index (χ2n) is 6.48. The van der Waals surface area contributed by atoms with E-state index in [1.54, 1.807) is 17.1 Å². The van der Waals surface area contributed by atoms with Crippen LogP contribution in [0, 0.1) is 5.41 Å². The van der Waals surface area contributed by atoms with E-state index in [-0.39, 0.29) is 11.9 Å². The van der Waals surface area contributed by atoms with Gasteiger partial charge >= 0.3 is 5.97 Å². The Labute approximate surface area is 146 Å². The van der Waals surface area contributed by atoms with Gasteiger partial charge in [0.2, 0.25) is 5.91 Å². The maximum Gasteiger partial charge on any atom is 0.319 e. The number of aliphatic carboxylic acids is 1. The molecule has 1 aliphatic carbocycles. The summed E-state index contributed by atoms with van der Waals surface area (Å²) in [7, 11) is 0. The van der Waals surface area contributed by atoms with Crippen molar-refractivity contribution in [2.24, 2.45) is 5.41 Å². The minimum Gasteiger partial charge on any atom is -0.480 e. The number of carboxylic acids is 1. The van der Waals surface area contributed by atoms with E-state index < -0.39 is 11.4 Å². The molecule has 1 heterocycles. The number of piperidine rings is 1. The number of carbonyl (C=O) groups is 2. The van der Waals surface area contributed by atoms with Crippen LogP contribution in [0.15, 0.2) is 36.4 Å². The second-order valence-corrected chi connectivity index (χ2v) is 6.92. The molecular formula is C18H21ClN2O3. The monoisotopic (exact) mass is 348 g/mol. The summed E-state index contributed by atoms with van der Waals surface area (Å²) in [6.45, 7) is 1.16. The third-order valence-electron chi connectivity index (χ3n) is 4.92. The third-order valence-corrected chi connectivity index (χ3v) is 5.17. The zero-order chi connectivity index (χ0) is 17.2. The number of allylic oxidation sites excluding steroid dienone is 2. The Morgan fingerprint density at radius 1 is 1.12 bits per heavy atom. The zero-order valence-corrected chi connectivity index (χ0v) is 14.1. The summed E-state index contributed by atoms with van der Waals surface area (Å²) in [6.07, 6.45) is 5.78. The molecule has 0 saturated carbocycles. The molecule has 24 heavy (non-hydrogen) atoms. The number of rotatable bonds is 4. The second kappa shape index (κ2) is 6.85. The van der Waals surface area contributed by atoms with Crippen molar-refractivity contribution in [1.82, 2.24) is 4.90 Å². The molecule has 0 bridgehead atoms. The molecule has 0 unspecified atom stereocenters. The molecule has 5 nitrogen and oxygen atoms in total. The lowest BCUT2D eigenvalue weighted by molar-refractivity contribution is -0.160. The maximum absolute atomic E-state index is 12.7. The van der Waals surface area contributed by atoms with Gasteiger partial charge in [-0.05, 0) is 49.9 Å². The van der Waals surface area contributed by atoms with Crippen LogP contribution in [0.1, 0.15) is 25.7 Å². The zero-order valence-electron chi connectivity index (χ0n) is 13.4. The third kappa shape index (κ3) is 3.26. The number of nitrogens with one attached hydrogen (secondary N) is 1. The van der Waals surface area contributed by atoms with E-state index in [1.165, 1.54) is 0 Å². The Bertz CT molecular complexity index is 641. The molecule has 0 radical (unpaired) electrons. The molecule has 2 aliphatic rings. The molecule has 0 atom stereocenters. The quantitative estimate of drug-likeness (QED) is 0.647. The van der Waals surface area contributed by atoms with Gasteiger partial charge in [0.05, 0.1) is 0 Å². The van der Waals surface area contributed by atoms with Gasteiger partial charge in [0.15, 0.2) is 5.41 Å². The average molecular weight is 349 g/mol. The summed E-state index contributed by atoms with van der Waals surface area (Å²) in [5.41, 5.74) is -0.276. The van der Waals surface area contributed by atoms with Gasteiger partial charge in [-0.1, -0.05) is 23.8 Å². The molecule has 1 fully saturated rings. The fourth-order valence-electron chi connectivity index (χ4n) is 3.40. The summed E-state index contributed by atoms with van der Waals surface area (Å²) in [6, 6.07) is 7.82. The first-order valence-electron chi connectivity index (χ1n) is 8.21. The molecule has 0 aromatic heterocycles. The molecule has 3 rings (SSSR count). The molecule has 1 amide bonds. The molecule has 1 saturated heterocycles. The Hall–Kier alpha value is -2.01. The van der Waals surface area contributed by atoms with E-state index in [0.717, 1.165) is 18.5 Å². The maximum atomic E-state index is 12.7. The lowest BCUT2D eigenvalue weighted by Gasteiger charge is -2.37. The van der Waals surface area contributed by atoms with Crippen LogP contribution in [0.3, 0.4) is 0 Å². The van der Waals surface area contributed by atoms with Crippen molar-refractivity contribution < 1.29 is 14.7 Å². The molecule has 2 N–H and O–H groups in total. The van der Waals surface area contributed by atoms with Crippen LogP contribution in [0.5, 0.6) is 0 Å². The highest BCUT2D eigenvalue weighted by molar-refractivity contribution is 6.30. The molecule has 0 spiro atoms. The molecule has 6 heteroatoms. The van der Waals surface area contributed by atoms with Crippen LogP contribution in [0.25, 0.3) is 0 Å². The van der Waals surface area contributed by atoms with Crippen LogP contribution in [-0.4, -0.2) is 41.0 Å². The number of carbonyl (C=O) groups excluding carboxylic acids is 1. The number of anilines is 1. The van der Waals surface area contributed by atoms with Crippen LogP contribution < -0.4 is 5.32 Å². The van der Waals surface area contributed by atoms with Crippen LogP contribution in [0.2, 0.25) is 5.02 Å². The predicted molar refractivity (Wildman–Crippen MR) is 93.1 cm³/mol. The minimum atomic E-state index is -1.28. The highest BCUT2D eigenvalue weighted by Gasteiger charge is 2.48. The highest BCUT2D eigenvalue weighted by atomic mass is 35.5. The lowest BCUT2D eigenvalue weighted by atomic mass is 9.83. The molecule has 128 valence electrons. The largest absolute Gasteiger partial charge is 0.480 e.